The standard InChI is InChI=1S/C15H24N2O/c1-11-7-9-17(10-8-11)13-5-4-6-14(18-3)15(13)12(2)16/h4-6,11-12H,7-10,16H2,1-3H3. The van der Waals surface area contributed by atoms with Gasteiger partial charge in [0, 0.05) is 30.4 Å². The molecule has 18 heavy (non-hydrogen) atoms. The van der Waals surface area contributed by atoms with Crippen molar-refractivity contribution in [2.24, 2.45) is 11.7 Å². The molecule has 0 aromatic heterocycles. The Morgan fingerprint density at radius 1 is 1.33 bits per heavy atom. The van der Waals surface area contributed by atoms with Crippen molar-refractivity contribution in [1.29, 1.82) is 0 Å². The normalized spacial score (nSPS) is 18.8. The lowest BCUT2D eigenvalue weighted by atomic mass is 9.97. The van der Waals surface area contributed by atoms with Crippen molar-refractivity contribution in [3.63, 3.8) is 0 Å². The maximum atomic E-state index is 6.12. The van der Waals surface area contributed by atoms with Gasteiger partial charge in [-0.15, -0.1) is 0 Å². The minimum Gasteiger partial charge on any atom is -0.496 e. The molecule has 1 fully saturated rings. The van der Waals surface area contributed by atoms with E-state index in [1.54, 1.807) is 7.11 Å². The van der Waals surface area contributed by atoms with E-state index in [0.717, 1.165) is 30.3 Å². The fourth-order valence-electron chi connectivity index (χ4n) is 2.69. The zero-order valence-electron chi connectivity index (χ0n) is 11.6. The maximum absolute atomic E-state index is 6.12. The summed E-state index contributed by atoms with van der Waals surface area (Å²) < 4.78 is 5.45. The van der Waals surface area contributed by atoms with E-state index in [1.807, 2.05) is 13.0 Å². The highest BCUT2D eigenvalue weighted by atomic mass is 16.5. The van der Waals surface area contributed by atoms with Gasteiger partial charge in [-0.1, -0.05) is 13.0 Å². The van der Waals surface area contributed by atoms with Crippen LogP contribution in [0, 0.1) is 5.92 Å². The number of piperidine rings is 1. The highest BCUT2D eigenvalue weighted by Crippen LogP contribution is 2.35. The van der Waals surface area contributed by atoms with E-state index in [9.17, 15) is 0 Å². The Morgan fingerprint density at radius 2 is 2.00 bits per heavy atom. The van der Waals surface area contributed by atoms with Crippen LogP contribution in [-0.2, 0) is 0 Å². The predicted octanol–water partition coefficient (Wildman–Crippen LogP) is 2.95. The van der Waals surface area contributed by atoms with Gasteiger partial charge in [0.05, 0.1) is 7.11 Å². The summed E-state index contributed by atoms with van der Waals surface area (Å²) in [7, 11) is 1.71. The van der Waals surface area contributed by atoms with Crippen molar-refractivity contribution in [2.75, 3.05) is 25.1 Å². The molecule has 1 aromatic carbocycles. The van der Waals surface area contributed by atoms with Crippen LogP contribution >= 0.6 is 0 Å². The van der Waals surface area contributed by atoms with E-state index < -0.39 is 0 Å². The van der Waals surface area contributed by atoms with E-state index in [2.05, 4.69) is 24.0 Å². The number of ether oxygens (including phenoxy) is 1. The maximum Gasteiger partial charge on any atom is 0.125 e. The number of rotatable bonds is 3. The number of nitrogens with zero attached hydrogens (tertiary/aromatic N) is 1. The molecule has 1 aliphatic rings. The smallest absolute Gasteiger partial charge is 0.125 e. The zero-order valence-corrected chi connectivity index (χ0v) is 11.6. The number of hydrogen-bond acceptors (Lipinski definition) is 3. The van der Waals surface area contributed by atoms with Crippen LogP contribution in [0.5, 0.6) is 5.75 Å². The molecule has 3 heteroatoms. The van der Waals surface area contributed by atoms with E-state index in [4.69, 9.17) is 10.5 Å². The molecule has 0 aliphatic carbocycles. The highest BCUT2D eigenvalue weighted by Gasteiger charge is 2.21. The van der Waals surface area contributed by atoms with Gasteiger partial charge in [0.1, 0.15) is 5.75 Å². The van der Waals surface area contributed by atoms with Crippen molar-refractivity contribution >= 4 is 5.69 Å². The Hall–Kier alpha value is -1.22. The summed E-state index contributed by atoms with van der Waals surface area (Å²) in [5.74, 6) is 1.74. The Bertz CT molecular complexity index is 395. The third kappa shape index (κ3) is 2.61. The second-order valence-corrected chi connectivity index (χ2v) is 5.35. The lowest BCUT2D eigenvalue weighted by Gasteiger charge is -2.34. The van der Waals surface area contributed by atoms with E-state index >= 15 is 0 Å². The largest absolute Gasteiger partial charge is 0.496 e. The molecule has 100 valence electrons. The average Bonchev–Trinajstić information content (AvgIpc) is 2.38. The molecule has 1 aliphatic heterocycles. The first kappa shape index (κ1) is 13.2. The third-order valence-electron chi connectivity index (χ3n) is 3.84. The van der Waals surface area contributed by atoms with Gasteiger partial charge in [-0.25, -0.2) is 0 Å². The minimum atomic E-state index is -0.00417. The molecule has 0 saturated carbocycles. The molecule has 0 spiro atoms. The molecule has 1 saturated heterocycles. The molecule has 0 amide bonds. The van der Waals surface area contributed by atoms with Crippen molar-refractivity contribution in [1.82, 2.24) is 0 Å². The van der Waals surface area contributed by atoms with E-state index in [-0.39, 0.29) is 6.04 Å². The number of benzene rings is 1. The van der Waals surface area contributed by atoms with Crippen molar-refractivity contribution in [2.45, 2.75) is 32.7 Å². The number of nitrogens with two attached hydrogens (primary N) is 1. The van der Waals surface area contributed by atoms with Crippen LogP contribution in [0.2, 0.25) is 0 Å². The number of methoxy groups -OCH3 is 1. The Morgan fingerprint density at radius 3 is 2.56 bits per heavy atom. The first-order valence-electron chi connectivity index (χ1n) is 6.81. The van der Waals surface area contributed by atoms with Gasteiger partial charge in [0.2, 0.25) is 0 Å². The molecule has 0 radical (unpaired) electrons. The summed E-state index contributed by atoms with van der Waals surface area (Å²) in [6.45, 7) is 6.59. The molecular weight excluding hydrogens is 224 g/mol. The molecule has 2 N–H and O–H groups in total. The predicted molar refractivity (Wildman–Crippen MR) is 76.2 cm³/mol. The minimum absolute atomic E-state index is 0.00417. The van der Waals surface area contributed by atoms with Gasteiger partial charge < -0.3 is 15.4 Å². The van der Waals surface area contributed by atoms with Crippen LogP contribution in [0.15, 0.2) is 18.2 Å². The molecule has 1 aromatic rings. The van der Waals surface area contributed by atoms with Crippen LogP contribution in [0.25, 0.3) is 0 Å². The van der Waals surface area contributed by atoms with Crippen molar-refractivity contribution in [3.05, 3.63) is 23.8 Å². The lowest BCUT2D eigenvalue weighted by molar-refractivity contribution is 0.405. The molecule has 1 atom stereocenters. The second-order valence-electron chi connectivity index (χ2n) is 5.35. The second kappa shape index (κ2) is 5.61. The number of hydrogen-bond donors (Lipinski definition) is 1. The SMILES string of the molecule is COc1cccc(N2CCC(C)CC2)c1C(C)N. The van der Waals surface area contributed by atoms with Gasteiger partial charge in [-0.2, -0.15) is 0 Å². The number of anilines is 1. The molecule has 3 nitrogen and oxygen atoms in total. The fourth-order valence-corrected chi connectivity index (χ4v) is 2.69. The summed E-state index contributed by atoms with van der Waals surface area (Å²) in [5.41, 5.74) is 8.50. The third-order valence-corrected chi connectivity index (χ3v) is 3.84. The quantitative estimate of drug-likeness (QED) is 0.893. The summed E-state index contributed by atoms with van der Waals surface area (Å²) in [6.07, 6.45) is 2.52. The summed E-state index contributed by atoms with van der Waals surface area (Å²) >= 11 is 0. The van der Waals surface area contributed by atoms with Gasteiger partial charge in [-0.3, -0.25) is 0 Å². The van der Waals surface area contributed by atoms with Gasteiger partial charge in [-0.05, 0) is 37.8 Å². The topological polar surface area (TPSA) is 38.5 Å². The molecule has 1 heterocycles. The van der Waals surface area contributed by atoms with Crippen LogP contribution in [0.1, 0.15) is 38.3 Å². The Kier molecular flexibility index (Phi) is 4.12. The Labute approximate surface area is 110 Å². The summed E-state index contributed by atoms with van der Waals surface area (Å²) in [4.78, 5) is 2.45. The zero-order chi connectivity index (χ0) is 13.1. The van der Waals surface area contributed by atoms with Crippen molar-refractivity contribution < 1.29 is 4.74 Å². The fraction of sp³-hybridized carbons (Fsp3) is 0.600. The molecule has 0 bridgehead atoms. The van der Waals surface area contributed by atoms with Gasteiger partial charge in [0.25, 0.3) is 0 Å². The first-order chi connectivity index (χ1) is 8.63. The molecular formula is C15H24N2O. The summed E-state index contributed by atoms with van der Waals surface area (Å²) in [6, 6.07) is 6.21. The first-order valence-corrected chi connectivity index (χ1v) is 6.81. The van der Waals surface area contributed by atoms with Gasteiger partial charge in [0.15, 0.2) is 0 Å². The van der Waals surface area contributed by atoms with E-state index in [1.165, 1.54) is 18.5 Å². The van der Waals surface area contributed by atoms with Gasteiger partial charge >= 0.3 is 0 Å². The van der Waals surface area contributed by atoms with Crippen LogP contribution < -0.4 is 15.4 Å². The summed E-state index contributed by atoms with van der Waals surface area (Å²) in [5, 5.41) is 0. The lowest BCUT2D eigenvalue weighted by Crippen LogP contribution is -2.34. The van der Waals surface area contributed by atoms with Crippen LogP contribution in [0.3, 0.4) is 0 Å². The van der Waals surface area contributed by atoms with Crippen molar-refractivity contribution in [3.8, 4) is 5.75 Å². The highest BCUT2D eigenvalue weighted by molar-refractivity contribution is 5.61. The van der Waals surface area contributed by atoms with E-state index in [0.29, 0.717) is 0 Å². The monoisotopic (exact) mass is 248 g/mol. The molecule has 2 rings (SSSR count). The molecule has 1 unspecified atom stereocenters. The van der Waals surface area contributed by atoms with Crippen LogP contribution in [0.4, 0.5) is 5.69 Å². The van der Waals surface area contributed by atoms with Crippen LogP contribution in [-0.4, -0.2) is 20.2 Å². The Balaban J connectivity index is 2.32. The average molecular weight is 248 g/mol.